The van der Waals surface area contributed by atoms with Crippen molar-refractivity contribution < 1.29 is 28.5 Å². The molecule has 0 fully saturated rings. The number of fused-ring (bicyclic) bond motifs is 1. The highest BCUT2D eigenvalue weighted by atomic mass is 16.5. The van der Waals surface area contributed by atoms with E-state index in [1.165, 1.54) is 33.0 Å². The zero-order chi connectivity index (χ0) is 22.2. The van der Waals surface area contributed by atoms with Gasteiger partial charge in [-0.3, -0.25) is 4.79 Å². The second-order valence-corrected chi connectivity index (χ2v) is 7.10. The Morgan fingerprint density at radius 2 is 1.74 bits per heavy atom. The highest BCUT2D eigenvalue weighted by molar-refractivity contribution is 5.90. The van der Waals surface area contributed by atoms with Crippen molar-refractivity contribution in [2.45, 2.75) is 25.3 Å². The van der Waals surface area contributed by atoms with Crippen molar-refractivity contribution >= 4 is 18.0 Å². The molecule has 0 heterocycles. The molecule has 0 unspecified atom stereocenters. The number of rotatable bonds is 8. The number of aryl methyl sites for hydroxylation is 1. The van der Waals surface area contributed by atoms with E-state index in [4.69, 9.17) is 18.9 Å². The first-order valence-corrected chi connectivity index (χ1v) is 10.1. The van der Waals surface area contributed by atoms with Crippen LogP contribution in [0.5, 0.6) is 17.2 Å². The van der Waals surface area contributed by atoms with E-state index in [9.17, 15) is 9.59 Å². The molecule has 0 spiro atoms. The van der Waals surface area contributed by atoms with Gasteiger partial charge >= 0.3 is 5.97 Å². The van der Waals surface area contributed by atoms with E-state index in [2.05, 4.69) is 11.4 Å². The van der Waals surface area contributed by atoms with Crippen molar-refractivity contribution in [3.05, 3.63) is 59.2 Å². The van der Waals surface area contributed by atoms with Gasteiger partial charge in [0.15, 0.2) is 18.1 Å². The molecule has 0 saturated carbocycles. The lowest BCUT2D eigenvalue weighted by Crippen LogP contribution is -2.34. The highest BCUT2D eigenvalue weighted by Crippen LogP contribution is 2.35. The first kappa shape index (κ1) is 22.2. The largest absolute Gasteiger partial charge is 0.496 e. The third-order valence-corrected chi connectivity index (χ3v) is 5.19. The van der Waals surface area contributed by atoms with E-state index < -0.39 is 5.97 Å². The van der Waals surface area contributed by atoms with E-state index >= 15 is 0 Å². The maximum Gasteiger partial charge on any atom is 0.331 e. The summed E-state index contributed by atoms with van der Waals surface area (Å²) in [4.78, 5) is 24.4. The standard InChI is InChI=1S/C24H27NO6/c1-28-20-14-22(30-3)21(29-2)13-17(20)11-12-24(27)31-15-23(26)25-19-10-6-8-16-7-4-5-9-18(16)19/h4-5,7,9,11-14,19H,6,8,10,15H2,1-3H3,(H,25,26)/b12-11+/t19-/m0/s1. The molecule has 0 aromatic heterocycles. The Morgan fingerprint density at radius 1 is 1.03 bits per heavy atom. The fourth-order valence-corrected chi connectivity index (χ4v) is 3.67. The van der Waals surface area contributed by atoms with Gasteiger partial charge in [0.2, 0.25) is 0 Å². The topological polar surface area (TPSA) is 83.1 Å². The SMILES string of the molecule is COc1cc(OC)c(OC)cc1/C=C/C(=O)OCC(=O)N[C@H]1CCCc2ccccc21. The monoisotopic (exact) mass is 425 g/mol. The fourth-order valence-electron chi connectivity index (χ4n) is 3.67. The zero-order valence-corrected chi connectivity index (χ0v) is 18.0. The maximum absolute atomic E-state index is 12.3. The Kier molecular flexibility index (Phi) is 7.54. The summed E-state index contributed by atoms with van der Waals surface area (Å²) in [5.74, 6) is 0.571. The molecule has 0 radical (unpaired) electrons. The number of hydrogen-bond acceptors (Lipinski definition) is 6. The summed E-state index contributed by atoms with van der Waals surface area (Å²) in [5.41, 5.74) is 3.00. The third-order valence-electron chi connectivity index (χ3n) is 5.19. The molecular weight excluding hydrogens is 398 g/mol. The van der Waals surface area contributed by atoms with Gasteiger partial charge in [0.25, 0.3) is 5.91 Å². The molecule has 164 valence electrons. The summed E-state index contributed by atoms with van der Waals surface area (Å²) in [6.07, 6.45) is 5.68. The van der Waals surface area contributed by atoms with Crippen molar-refractivity contribution in [2.24, 2.45) is 0 Å². The second-order valence-electron chi connectivity index (χ2n) is 7.10. The predicted molar refractivity (Wildman–Crippen MR) is 116 cm³/mol. The van der Waals surface area contributed by atoms with E-state index in [-0.39, 0.29) is 18.6 Å². The molecule has 0 aliphatic heterocycles. The van der Waals surface area contributed by atoms with Crippen LogP contribution in [0, 0.1) is 0 Å². The Balaban J connectivity index is 1.57. The van der Waals surface area contributed by atoms with Gasteiger partial charge in [0.1, 0.15) is 5.75 Å². The number of benzene rings is 2. The van der Waals surface area contributed by atoms with Gasteiger partial charge in [-0.2, -0.15) is 0 Å². The summed E-state index contributed by atoms with van der Waals surface area (Å²) >= 11 is 0. The summed E-state index contributed by atoms with van der Waals surface area (Å²) < 4.78 is 20.9. The van der Waals surface area contributed by atoms with Gasteiger partial charge in [0, 0.05) is 17.7 Å². The molecule has 0 saturated heterocycles. The van der Waals surface area contributed by atoms with Gasteiger partial charge < -0.3 is 24.3 Å². The molecule has 1 aliphatic rings. The van der Waals surface area contributed by atoms with E-state index in [1.54, 1.807) is 18.2 Å². The van der Waals surface area contributed by atoms with E-state index in [0.29, 0.717) is 22.8 Å². The van der Waals surface area contributed by atoms with Crippen molar-refractivity contribution in [2.75, 3.05) is 27.9 Å². The first-order chi connectivity index (χ1) is 15.0. The minimum Gasteiger partial charge on any atom is -0.496 e. The predicted octanol–water partition coefficient (Wildman–Crippen LogP) is 3.46. The van der Waals surface area contributed by atoms with E-state index in [1.807, 2.05) is 18.2 Å². The first-order valence-electron chi connectivity index (χ1n) is 10.1. The minimum absolute atomic E-state index is 0.0530. The van der Waals surface area contributed by atoms with Crippen LogP contribution in [-0.2, 0) is 20.7 Å². The summed E-state index contributed by atoms with van der Waals surface area (Å²) in [5, 5.41) is 2.96. The molecule has 1 aliphatic carbocycles. The van der Waals surface area contributed by atoms with Crippen molar-refractivity contribution in [1.82, 2.24) is 5.32 Å². The molecule has 0 bridgehead atoms. The maximum atomic E-state index is 12.3. The van der Waals surface area contributed by atoms with Crippen LogP contribution in [0.4, 0.5) is 0 Å². The number of nitrogens with one attached hydrogen (secondary N) is 1. The number of hydrogen-bond donors (Lipinski definition) is 1. The smallest absolute Gasteiger partial charge is 0.331 e. The van der Waals surface area contributed by atoms with Crippen LogP contribution >= 0.6 is 0 Å². The molecule has 1 N–H and O–H groups in total. The average molecular weight is 425 g/mol. The number of ether oxygens (including phenoxy) is 4. The second kappa shape index (κ2) is 10.5. The lowest BCUT2D eigenvalue weighted by molar-refractivity contribution is -0.144. The van der Waals surface area contributed by atoms with Gasteiger partial charge in [-0.05, 0) is 42.5 Å². The molecular formula is C24H27NO6. The molecule has 31 heavy (non-hydrogen) atoms. The number of esters is 1. The Hall–Kier alpha value is -3.48. The van der Waals surface area contributed by atoms with Crippen LogP contribution in [-0.4, -0.2) is 39.8 Å². The lowest BCUT2D eigenvalue weighted by atomic mass is 9.88. The van der Waals surface area contributed by atoms with Crippen LogP contribution < -0.4 is 19.5 Å². The average Bonchev–Trinajstić information content (AvgIpc) is 2.81. The van der Waals surface area contributed by atoms with Crippen molar-refractivity contribution in [1.29, 1.82) is 0 Å². The third kappa shape index (κ3) is 5.57. The molecule has 1 atom stereocenters. The number of methoxy groups -OCH3 is 3. The molecule has 3 rings (SSSR count). The number of carbonyl (C=O) groups excluding carboxylic acids is 2. The highest BCUT2D eigenvalue weighted by Gasteiger charge is 2.21. The zero-order valence-electron chi connectivity index (χ0n) is 18.0. The molecule has 1 amide bonds. The summed E-state index contributed by atoms with van der Waals surface area (Å²) in [6.45, 7) is -0.342. The molecule has 7 nitrogen and oxygen atoms in total. The quantitative estimate of drug-likeness (QED) is 0.515. The fraction of sp³-hybridized carbons (Fsp3) is 0.333. The van der Waals surface area contributed by atoms with Gasteiger partial charge in [-0.1, -0.05) is 24.3 Å². The molecule has 2 aromatic rings. The number of amides is 1. The van der Waals surface area contributed by atoms with E-state index in [0.717, 1.165) is 24.8 Å². The summed E-state index contributed by atoms with van der Waals surface area (Å²) in [7, 11) is 4.57. The van der Waals surface area contributed by atoms with Crippen LogP contribution in [0.2, 0.25) is 0 Å². The van der Waals surface area contributed by atoms with Crippen LogP contribution in [0.25, 0.3) is 6.08 Å². The Morgan fingerprint density at radius 3 is 2.48 bits per heavy atom. The van der Waals surface area contributed by atoms with Gasteiger partial charge in [-0.25, -0.2) is 4.79 Å². The van der Waals surface area contributed by atoms with Gasteiger partial charge in [0.05, 0.1) is 27.4 Å². The van der Waals surface area contributed by atoms with Crippen molar-refractivity contribution in [3.8, 4) is 17.2 Å². The minimum atomic E-state index is -0.629. The summed E-state index contributed by atoms with van der Waals surface area (Å²) in [6, 6.07) is 11.4. The normalized spacial score (nSPS) is 15.1. The Labute approximate surface area is 181 Å². The van der Waals surface area contributed by atoms with Gasteiger partial charge in [-0.15, -0.1) is 0 Å². The van der Waals surface area contributed by atoms with Crippen molar-refractivity contribution in [3.63, 3.8) is 0 Å². The lowest BCUT2D eigenvalue weighted by Gasteiger charge is -2.26. The van der Waals surface area contributed by atoms with Crippen LogP contribution in [0.15, 0.2) is 42.5 Å². The Bertz CT molecular complexity index is 969. The molecule has 2 aromatic carbocycles. The number of carbonyl (C=O) groups is 2. The van der Waals surface area contributed by atoms with Crippen LogP contribution in [0.3, 0.4) is 0 Å². The molecule has 7 heteroatoms. The van der Waals surface area contributed by atoms with Crippen LogP contribution in [0.1, 0.15) is 35.6 Å².